The van der Waals surface area contributed by atoms with Gasteiger partial charge in [-0.05, 0) is 19.4 Å². The molecule has 3 aromatic rings. The van der Waals surface area contributed by atoms with E-state index >= 15 is 0 Å². The minimum absolute atomic E-state index is 0.0579. The van der Waals surface area contributed by atoms with Crippen LogP contribution in [0.15, 0.2) is 36.5 Å². The van der Waals surface area contributed by atoms with E-state index in [0.717, 1.165) is 28.8 Å². The van der Waals surface area contributed by atoms with E-state index in [1.54, 1.807) is 10.9 Å². The van der Waals surface area contributed by atoms with Gasteiger partial charge in [0.1, 0.15) is 17.6 Å². The van der Waals surface area contributed by atoms with Gasteiger partial charge in [-0.3, -0.25) is 14.2 Å². The summed E-state index contributed by atoms with van der Waals surface area (Å²) >= 11 is 0. The summed E-state index contributed by atoms with van der Waals surface area (Å²) in [5.74, 6) is -0.0579. The van der Waals surface area contributed by atoms with Crippen LogP contribution in [0.4, 0.5) is 0 Å². The molecule has 6 heteroatoms. The molecule has 2 heterocycles. The standard InChI is InChI=1S/C16H19N5O/c1-3-20-14-10-18-21(16(14)12(2)19-20)11-15(22)17-9-13-7-5-4-6-8-13/h4-8,10H,3,9,11H2,1-2H3,(H,17,22). The van der Waals surface area contributed by atoms with Crippen LogP contribution in [0.1, 0.15) is 18.2 Å². The molecule has 114 valence electrons. The van der Waals surface area contributed by atoms with Gasteiger partial charge < -0.3 is 5.32 Å². The lowest BCUT2D eigenvalue weighted by atomic mass is 10.2. The molecule has 1 amide bonds. The molecule has 0 radical (unpaired) electrons. The molecule has 0 aliphatic rings. The Balaban J connectivity index is 1.70. The number of rotatable bonds is 5. The predicted octanol–water partition coefficient (Wildman–Crippen LogP) is 1.88. The minimum atomic E-state index is -0.0579. The van der Waals surface area contributed by atoms with E-state index in [-0.39, 0.29) is 12.5 Å². The molecule has 1 N–H and O–H groups in total. The molecule has 0 bridgehead atoms. The van der Waals surface area contributed by atoms with Crippen LogP contribution in [0, 0.1) is 6.92 Å². The summed E-state index contributed by atoms with van der Waals surface area (Å²) in [5.41, 5.74) is 3.87. The van der Waals surface area contributed by atoms with Crippen molar-refractivity contribution in [2.45, 2.75) is 33.5 Å². The molecular formula is C16H19N5O. The lowest BCUT2D eigenvalue weighted by Gasteiger charge is -2.06. The van der Waals surface area contributed by atoms with E-state index in [0.29, 0.717) is 6.54 Å². The number of amides is 1. The fourth-order valence-electron chi connectivity index (χ4n) is 2.57. The molecule has 0 aliphatic carbocycles. The highest BCUT2D eigenvalue weighted by molar-refractivity contribution is 5.81. The minimum Gasteiger partial charge on any atom is -0.350 e. The number of aryl methyl sites for hydroxylation is 2. The molecule has 3 rings (SSSR count). The Bertz CT molecular complexity index is 788. The maximum Gasteiger partial charge on any atom is 0.242 e. The molecule has 0 unspecified atom stereocenters. The normalized spacial score (nSPS) is 11.0. The first-order valence-corrected chi connectivity index (χ1v) is 7.38. The van der Waals surface area contributed by atoms with Gasteiger partial charge in [-0.2, -0.15) is 10.2 Å². The zero-order valence-electron chi connectivity index (χ0n) is 12.8. The molecule has 0 aliphatic heterocycles. The average Bonchev–Trinajstić information content (AvgIpc) is 3.08. The summed E-state index contributed by atoms with van der Waals surface area (Å²) in [7, 11) is 0. The van der Waals surface area contributed by atoms with Gasteiger partial charge >= 0.3 is 0 Å². The van der Waals surface area contributed by atoms with Gasteiger partial charge in [-0.25, -0.2) is 0 Å². The number of carbonyl (C=O) groups excluding carboxylic acids is 1. The van der Waals surface area contributed by atoms with E-state index in [9.17, 15) is 4.79 Å². The number of nitrogens with zero attached hydrogens (tertiary/aromatic N) is 4. The van der Waals surface area contributed by atoms with E-state index in [4.69, 9.17) is 0 Å². The van der Waals surface area contributed by atoms with Crippen molar-refractivity contribution in [3.05, 3.63) is 47.8 Å². The first kappa shape index (κ1) is 14.3. The van der Waals surface area contributed by atoms with Gasteiger partial charge in [0.25, 0.3) is 0 Å². The summed E-state index contributed by atoms with van der Waals surface area (Å²) in [6.07, 6.45) is 1.77. The zero-order valence-corrected chi connectivity index (χ0v) is 12.8. The maximum absolute atomic E-state index is 12.1. The number of fused-ring (bicyclic) bond motifs is 1. The molecule has 22 heavy (non-hydrogen) atoms. The Morgan fingerprint density at radius 2 is 2.00 bits per heavy atom. The van der Waals surface area contributed by atoms with Crippen LogP contribution in [0.5, 0.6) is 0 Å². The van der Waals surface area contributed by atoms with Crippen molar-refractivity contribution in [1.82, 2.24) is 24.9 Å². The maximum atomic E-state index is 12.1. The van der Waals surface area contributed by atoms with Gasteiger partial charge in [0.15, 0.2) is 0 Å². The van der Waals surface area contributed by atoms with E-state index < -0.39 is 0 Å². The summed E-state index contributed by atoms with van der Waals surface area (Å²) in [5, 5.41) is 11.7. The largest absolute Gasteiger partial charge is 0.350 e. The third kappa shape index (κ3) is 2.72. The van der Waals surface area contributed by atoms with Crippen molar-refractivity contribution < 1.29 is 4.79 Å². The van der Waals surface area contributed by atoms with Crippen LogP contribution >= 0.6 is 0 Å². The fraction of sp³-hybridized carbons (Fsp3) is 0.312. The van der Waals surface area contributed by atoms with Gasteiger partial charge in [0.05, 0.1) is 11.9 Å². The van der Waals surface area contributed by atoms with Crippen LogP contribution in [0.3, 0.4) is 0 Å². The highest BCUT2D eigenvalue weighted by atomic mass is 16.2. The third-order valence-electron chi connectivity index (χ3n) is 3.64. The Morgan fingerprint density at radius 3 is 2.73 bits per heavy atom. The first-order valence-electron chi connectivity index (χ1n) is 7.38. The Kier molecular flexibility index (Phi) is 3.91. The second-order valence-corrected chi connectivity index (χ2v) is 5.20. The van der Waals surface area contributed by atoms with Crippen LogP contribution < -0.4 is 5.32 Å². The van der Waals surface area contributed by atoms with Crippen molar-refractivity contribution in [2.24, 2.45) is 0 Å². The molecule has 6 nitrogen and oxygen atoms in total. The van der Waals surface area contributed by atoms with Crippen LogP contribution in [-0.4, -0.2) is 25.5 Å². The number of carbonyl (C=O) groups is 1. The monoisotopic (exact) mass is 297 g/mol. The Hall–Kier alpha value is -2.63. The van der Waals surface area contributed by atoms with Crippen molar-refractivity contribution in [3.8, 4) is 0 Å². The van der Waals surface area contributed by atoms with Gasteiger partial charge in [0, 0.05) is 13.1 Å². The van der Waals surface area contributed by atoms with Crippen LogP contribution in [0.25, 0.3) is 11.0 Å². The summed E-state index contributed by atoms with van der Waals surface area (Å²) < 4.78 is 3.61. The summed E-state index contributed by atoms with van der Waals surface area (Å²) in [6.45, 7) is 5.49. The number of hydrogen-bond donors (Lipinski definition) is 1. The Labute approximate surface area is 128 Å². The summed E-state index contributed by atoms with van der Waals surface area (Å²) in [6, 6.07) is 9.85. The molecule has 0 saturated heterocycles. The van der Waals surface area contributed by atoms with Crippen molar-refractivity contribution >= 4 is 16.9 Å². The molecule has 2 aromatic heterocycles. The molecule has 0 spiro atoms. The lowest BCUT2D eigenvalue weighted by Crippen LogP contribution is -2.27. The van der Waals surface area contributed by atoms with E-state index in [1.807, 2.05) is 48.9 Å². The van der Waals surface area contributed by atoms with Crippen LogP contribution in [0.2, 0.25) is 0 Å². The quantitative estimate of drug-likeness (QED) is 0.782. The lowest BCUT2D eigenvalue weighted by molar-refractivity contribution is -0.121. The van der Waals surface area contributed by atoms with Crippen molar-refractivity contribution in [3.63, 3.8) is 0 Å². The highest BCUT2D eigenvalue weighted by Crippen LogP contribution is 2.17. The second-order valence-electron chi connectivity index (χ2n) is 5.20. The average molecular weight is 297 g/mol. The van der Waals surface area contributed by atoms with Crippen molar-refractivity contribution in [2.75, 3.05) is 0 Å². The topological polar surface area (TPSA) is 64.7 Å². The summed E-state index contributed by atoms with van der Waals surface area (Å²) in [4.78, 5) is 12.1. The predicted molar refractivity (Wildman–Crippen MR) is 84.2 cm³/mol. The fourth-order valence-corrected chi connectivity index (χ4v) is 2.57. The van der Waals surface area contributed by atoms with E-state index in [2.05, 4.69) is 15.5 Å². The molecular weight excluding hydrogens is 278 g/mol. The number of benzene rings is 1. The number of hydrogen-bond acceptors (Lipinski definition) is 3. The number of nitrogens with one attached hydrogen (secondary N) is 1. The number of aromatic nitrogens is 4. The molecule has 0 fully saturated rings. The van der Waals surface area contributed by atoms with Gasteiger partial charge in [-0.15, -0.1) is 0 Å². The van der Waals surface area contributed by atoms with Gasteiger partial charge in [0.2, 0.25) is 5.91 Å². The smallest absolute Gasteiger partial charge is 0.242 e. The first-order chi connectivity index (χ1) is 10.7. The van der Waals surface area contributed by atoms with E-state index in [1.165, 1.54) is 0 Å². The second kappa shape index (κ2) is 6.01. The van der Waals surface area contributed by atoms with Crippen molar-refractivity contribution in [1.29, 1.82) is 0 Å². The SMILES string of the molecule is CCn1nc(C)c2c1cnn2CC(=O)NCc1ccccc1. The third-order valence-corrected chi connectivity index (χ3v) is 3.64. The molecule has 1 aromatic carbocycles. The molecule has 0 atom stereocenters. The molecule has 0 saturated carbocycles. The van der Waals surface area contributed by atoms with Crippen LogP contribution in [-0.2, 0) is 24.4 Å². The van der Waals surface area contributed by atoms with Gasteiger partial charge in [-0.1, -0.05) is 30.3 Å². The zero-order chi connectivity index (χ0) is 15.5. The Morgan fingerprint density at radius 1 is 1.23 bits per heavy atom. The highest BCUT2D eigenvalue weighted by Gasteiger charge is 2.14.